The van der Waals surface area contributed by atoms with Gasteiger partial charge in [-0.1, -0.05) is 18.9 Å². The Labute approximate surface area is 158 Å². The molecule has 8 heteroatoms. The second kappa shape index (κ2) is 7.66. The Morgan fingerprint density at radius 1 is 1.11 bits per heavy atom. The number of hydrogen-bond donors (Lipinski definition) is 3. The lowest BCUT2D eigenvalue weighted by Gasteiger charge is -2.28. The molecule has 0 spiro atoms. The van der Waals surface area contributed by atoms with Crippen LogP contribution in [0.2, 0.25) is 0 Å². The summed E-state index contributed by atoms with van der Waals surface area (Å²) in [7, 11) is -3.91. The van der Waals surface area contributed by atoms with Gasteiger partial charge in [-0.3, -0.25) is 9.52 Å². The molecule has 4 N–H and O–H groups in total. The summed E-state index contributed by atoms with van der Waals surface area (Å²) in [6.45, 7) is 0.350. The lowest BCUT2D eigenvalue weighted by Crippen LogP contribution is -2.51. The Hall–Kier alpha value is -2.45. The van der Waals surface area contributed by atoms with Crippen molar-refractivity contribution in [1.29, 1.82) is 0 Å². The molecule has 6 nitrogen and oxygen atoms in total. The van der Waals surface area contributed by atoms with Gasteiger partial charge in [0.15, 0.2) is 0 Å². The average molecular weight is 391 g/mol. The molecule has 0 radical (unpaired) electrons. The molecule has 0 heterocycles. The third-order valence-electron chi connectivity index (χ3n) is 4.83. The van der Waals surface area contributed by atoms with Crippen LogP contribution in [-0.4, -0.2) is 26.4 Å². The molecule has 0 aliphatic heterocycles. The highest BCUT2D eigenvalue weighted by atomic mass is 32.2. The number of rotatable bonds is 6. The zero-order chi connectivity index (χ0) is 19.5. The second-order valence-corrected chi connectivity index (χ2v) is 8.47. The lowest BCUT2D eigenvalue weighted by atomic mass is 9.97. The number of nitrogens with two attached hydrogens (primary N) is 1. The van der Waals surface area contributed by atoms with Crippen molar-refractivity contribution in [2.24, 2.45) is 5.73 Å². The van der Waals surface area contributed by atoms with Gasteiger partial charge < -0.3 is 11.1 Å². The largest absolute Gasteiger partial charge is 0.345 e. The van der Waals surface area contributed by atoms with Crippen LogP contribution in [0.15, 0.2) is 53.4 Å². The van der Waals surface area contributed by atoms with Crippen LogP contribution in [0.1, 0.15) is 36.0 Å². The topological polar surface area (TPSA) is 101 Å². The molecule has 2 aromatic rings. The fourth-order valence-corrected chi connectivity index (χ4v) is 4.39. The maximum atomic E-state index is 13.0. The molecule has 27 heavy (non-hydrogen) atoms. The van der Waals surface area contributed by atoms with Gasteiger partial charge in [-0.05, 0) is 55.3 Å². The SMILES string of the molecule is NCC1(NC(=O)c2cccc(S(=O)(=O)Nc3ccc(F)cc3)c2)CCCC1. The van der Waals surface area contributed by atoms with Crippen LogP contribution in [0.5, 0.6) is 0 Å². The Balaban J connectivity index is 1.79. The van der Waals surface area contributed by atoms with Crippen LogP contribution in [0.3, 0.4) is 0 Å². The Kier molecular flexibility index (Phi) is 5.48. The van der Waals surface area contributed by atoms with Gasteiger partial charge in [-0.15, -0.1) is 0 Å². The van der Waals surface area contributed by atoms with E-state index in [0.29, 0.717) is 6.54 Å². The smallest absolute Gasteiger partial charge is 0.261 e. The Bertz CT molecular complexity index is 923. The van der Waals surface area contributed by atoms with Crippen molar-refractivity contribution in [1.82, 2.24) is 5.32 Å². The average Bonchev–Trinajstić information content (AvgIpc) is 3.12. The first kappa shape index (κ1) is 19.3. The quantitative estimate of drug-likeness (QED) is 0.704. The van der Waals surface area contributed by atoms with E-state index < -0.39 is 21.4 Å². The maximum Gasteiger partial charge on any atom is 0.261 e. The summed E-state index contributed by atoms with van der Waals surface area (Å²) >= 11 is 0. The summed E-state index contributed by atoms with van der Waals surface area (Å²) in [5.74, 6) is -0.807. The molecule has 0 saturated heterocycles. The van der Waals surface area contributed by atoms with E-state index in [1.54, 1.807) is 6.07 Å². The predicted molar refractivity (Wildman–Crippen MR) is 101 cm³/mol. The van der Waals surface area contributed by atoms with Gasteiger partial charge in [-0.2, -0.15) is 0 Å². The molecule has 0 unspecified atom stereocenters. The molecule has 2 aromatic carbocycles. The molecule has 144 valence electrons. The minimum atomic E-state index is -3.91. The highest BCUT2D eigenvalue weighted by molar-refractivity contribution is 7.92. The van der Waals surface area contributed by atoms with E-state index in [1.165, 1.54) is 30.3 Å². The van der Waals surface area contributed by atoms with Gasteiger partial charge in [0.1, 0.15) is 5.82 Å². The zero-order valence-corrected chi connectivity index (χ0v) is 15.6. The molecule has 1 amide bonds. The Morgan fingerprint density at radius 2 is 1.78 bits per heavy atom. The molecule has 3 rings (SSSR count). The number of nitrogens with one attached hydrogen (secondary N) is 2. The summed E-state index contributed by atoms with van der Waals surface area (Å²) in [6, 6.07) is 10.8. The molecule has 1 aliphatic rings. The van der Waals surface area contributed by atoms with E-state index in [-0.39, 0.29) is 22.1 Å². The minimum Gasteiger partial charge on any atom is -0.345 e. The van der Waals surface area contributed by atoms with Crippen molar-refractivity contribution >= 4 is 21.6 Å². The van der Waals surface area contributed by atoms with Crippen molar-refractivity contribution in [2.45, 2.75) is 36.1 Å². The summed E-state index contributed by atoms with van der Waals surface area (Å²) < 4.78 is 40.5. The number of halogens is 1. The van der Waals surface area contributed by atoms with Gasteiger partial charge in [-0.25, -0.2) is 12.8 Å². The minimum absolute atomic E-state index is 0.0484. The molecule has 0 aromatic heterocycles. The zero-order valence-electron chi connectivity index (χ0n) is 14.7. The van der Waals surface area contributed by atoms with Crippen LogP contribution in [-0.2, 0) is 10.0 Å². The standard InChI is InChI=1S/C19H22FN3O3S/c20-15-6-8-16(9-7-15)23-27(25,26)17-5-3-4-14(12-17)18(24)22-19(13-21)10-1-2-11-19/h3-9,12,23H,1-2,10-11,13,21H2,(H,22,24). The first-order chi connectivity index (χ1) is 12.8. The van der Waals surface area contributed by atoms with E-state index in [1.807, 2.05) is 0 Å². The van der Waals surface area contributed by atoms with Crippen LogP contribution < -0.4 is 15.8 Å². The molecule has 1 aliphatic carbocycles. The van der Waals surface area contributed by atoms with E-state index >= 15 is 0 Å². The van der Waals surface area contributed by atoms with Crippen molar-refractivity contribution in [3.63, 3.8) is 0 Å². The first-order valence-electron chi connectivity index (χ1n) is 8.75. The molecule has 1 fully saturated rings. The molecular weight excluding hydrogens is 369 g/mol. The van der Waals surface area contributed by atoms with Crippen LogP contribution in [0.4, 0.5) is 10.1 Å². The van der Waals surface area contributed by atoms with Crippen LogP contribution in [0, 0.1) is 5.82 Å². The number of sulfonamides is 1. The first-order valence-corrected chi connectivity index (χ1v) is 10.2. The molecular formula is C19H22FN3O3S. The predicted octanol–water partition coefficient (Wildman–Crippen LogP) is 2.63. The second-order valence-electron chi connectivity index (χ2n) is 6.79. The van der Waals surface area contributed by atoms with Gasteiger partial charge >= 0.3 is 0 Å². The fourth-order valence-electron chi connectivity index (χ4n) is 3.28. The van der Waals surface area contributed by atoms with E-state index in [2.05, 4.69) is 10.0 Å². The number of anilines is 1. The number of hydrogen-bond acceptors (Lipinski definition) is 4. The highest BCUT2D eigenvalue weighted by Gasteiger charge is 2.34. The monoisotopic (exact) mass is 391 g/mol. The fraction of sp³-hybridized carbons (Fsp3) is 0.316. The van der Waals surface area contributed by atoms with Crippen LogP contribution >= 0.6 is 0 Å². The van der Waals surface area contributed by atoms with Gasteiger partial charge in [0.05, 0.1) is 10.4 Å². The van der Waals surface area contributed by atoms with E-state index in [9.17, 15) is 17.6 Å². The van der Waals surface area contributed by atoms with E-state index in [0.717, 1.165) is 37.8 Å². The maximum absolute atomic E-state index is 13.0. The van der Waals surface area contributed by atoms with Gasteiger partial charge in [0.2, 0.25) is 0 Å². The van der Waals surface area contributed by atoms with Crippen molar-refractivity contribution in [2.75, 3.05) is 11.3 Å². The lowest BCUT2D eigenvalue weighted by molar-refractivity contribution is 0.0903. The summed E-state index contributed by atoms with van der Waals surface area (Å²) in [4.78, 5) is 12.6. The highest BCUT2D eigenvalue weighted by Crippen LogP contribution is 2.29. The van der Waals surface area contributed by atoms with Gasteiger partial charge in [0.25, 0.3) is 15.9 Å². The Morgan fingerprint density at radius 3 is 2.41 bits per heavy atom. The van der Waals surface area contributed by atoms with E-state index in [4.69, 9.17) is 5.73 Å². The van der Waals surface area contributed by atoms with Crippen molar-refractivity contribution < 1.29 is 17.6 Å². The number of carbonyl (C=O) groups is 1. The summed E-state index contributed by atoms with van der Waals surface area (Å²) in [5.41, 5.74) is 5.91. The number of benzene rings is 2. The summed E-state index contributed by atoms with van der Waals surface area (Å²) in [5, 5.41) is 2.97. The molecule has 0 atom stereocenters. The number of carbonyl (C=O) groups excluding carboxylic acids is 1. The molecule has 0 bridgehead atoms. The molecule has 1 saturated carbocycles. The van der Waals surface area contributed by atoms with Gasteiger partial charge in [0, 0.05) is 17.8 Å². The normalized spacial score (nSPS) is 16.1. The number of amides is 1. The third kappa shape index (κ3) is 4.45. The van der Waals surface area contributed by atoms with Crippen molar-refractivity contribution in [3.8, 4) is 0 Å². The van der Waals surface area contributed by atoms with Crippen molar-refractivity contribution in [3.05, 3.63) is 59.9 Å². The summed E-state index contributed by atoms with van der Waals surface area (Å²) in [6.07, 6.45) is 3.65. The van der Waals surface area contributed by atoms with Crippen LogP contribution in [0.25, 0.3) is 0 Å². The third-order valence-corrected chi connectivity index (χ3v) is 6.21.